The molecule has 3 unspecified atom stereocenters. The monoisotopic (exact) mass is 249 g/mol. The van der Waals surface area contributed by atoms with Crippen LogP contribution in [0.5, 0.6) is 0 Å². The molecule has 0 amide bonds. The fourth-order valence-electron chi connectivity index (χ4n) is 4.75. The number of hydrogen-bond donors (Lipinski definition) is 1. The molecule has 1 N–H and O–H groups in total. The van der Waals surface area contributed by atoms with Gasteiger partial charge in [0, 0.05) is 12.6 Å². The second kappa shape index (κ2) is 5.53. The van der Waals surface area contributed by atoms with E-state index in [1.807, 2.05) is 0 Å². The zero-order chi connectivity index (χ0) is 12.4. The molecule has 3 rings (SSSR count). The molecule has 0 heterocycles. The van der Waals surface area contributed by atoms with Crippen LogP contribution < -0.4 is 5.32 Å². The Kier molecular flexibility index (Phi) is 3.98. The first-order chi connectivity index (χ1) is 8.81. The molecule has 3 aliphatic carbocycles. The smallest absolute Gasteiger partial charge is 0.00701 e. The molecule has 0 saturated heterocycles. The first-order valence-electron chi connectivity index (χ1n) is 8.55. The first-order valence-corrected chi connectivity index (χ1v) is 8.55. The molecule has 1 nitrogen and oxygen atoms in total. The SMILES string of the molecule is CCC1(CNC2CCC3CCCCC3C2)CCC1. The molecule has 0 radical (unpaired) electrons. The Bertz CT molecular complexity index is 263. The van der Waals surface area contributed by atoms with Gasteiger partial charge in [0.15, 0.2) is 0 Å². The van der Waals surface area contributed by atoms with Gasteiger partial charge in [0.05, 0.1) is 0 Å². The summed E-state index contributed by atoms with van der Waals surface area (Å²) in [5.41, 5.74) is 0.698. The number of rotatable bonds is 4. The van der Waals surface area contributed by atoms with E-state index >= 15 is 0 Å². The minimum atomic E-state index is 0.698. The Balaban J connectivity index is 1.46. The summed E-state index contributed by atoms with van der Waals surface area (Å²) >= 11 is 0. The Morgan fingerprint density at radius 1 is 0.944 bits per heavy atom. The summed E-state index contributed by atoms with van der Waals surface area (Å²) in [6.45, 7) is 3.70. The predicted octanol–water partition coefficient (Wildman–Crippen LogP) is 4.52. The minimum Gasteiger partial charge on any atom is -0.313 e. The molecule has 0 aromatic carbocycles. The van der Waals surface area contributed by atoms with Crippen molar-refractivity contribution in [1.29, 1.82) is 0 Å². The number of hydrogen-bond acceptors (Lipinski definition) is 1. The summed E-state index contributed by atoms with van der Waals surface area (Å²) in [4.78, 5) is 0. The van der Waals surface area contributed by atoms with Gasteiger partial charge in [-0.2, -0.15) is 0 Å². The Labute approximate surface area is 113 Å². The van der Waals surface area contributed by atoms with Crippen LogP contribution in [0.2, 0.25) is 0 Å². The molecule has 0 bridgehead atoms. The lowest BCUT2D eigenvalue weighted by Gasteiger charge is -2.44. The highest BCUT2D eigenvalue weighted by molar-refractivity contribution is 4.91. The van der Waals surface area contributed by atoms with E-state index < -0.39 is 0 Å². The highest BCUT2D eigenvalue weighted by Crippen LogP contribution is 2.44. The molecule has 104 valence electrons. The predicted molar refractivity (Wildman–Crippen MR) is 77.7 cm³/mol. The van der Waals surface area contributed by atoms with E-state index in [9.17, 15) is 0 Å². The third kappa shape index (κ3) is 2.61. The summed E-state index contributed by atoms with van der Waals surface area (Å²) in [6, 6.07) is 0.855. The van der Waals surface area contributed by atoms with Gasteiger partial charge < -0.3 is 5.32 Å². The third-order valence-electron chi connectivity index (χ3n) is 6.47. The molecular weight excluding hydrogens is 218 g/mol. The Morgan fingerprint density at radius 2 is 1.72 bits per heavy atom. The van der Waals surface area contributed by atoms with Gasteiger partial charge in [-0.25, -0.2) is 0 Å². The molecular formula is C17H31N. The van der Waals surface area contributed by atoms with Gasteiger partial charge in [-0.15, -0.1) is 0 Å². The molecule has 0 aromatic rings. The van der Waals surface area contributed by atoms with Crippen LogP contribution in [-0.2, 0) is 0 Å². The molecule has 0 aliphatic heterocycles. The largest absolute Gasteiger partial charge is 0.313 e. The van der Waals surface area contributed by atoms with Crippen LogP contribution in [0.1, 0.15) is 77.6 Å². The maximum Gasteiger partial charge on any atom is 0.00701 e. The van der Waals surface area contributed by atoms with Crippen LogP contribution >= 0.6 is 0 Å². The molecule has 3 fully saturated rings. The normalized spacial score (nSPS) is 38.8. The molecule has 3 saturated carbocycles. The second-order valence-corrected chi connectivity index (χ2v) is 7.40. The van der Waals surface area contributed by atoms with Crippen molar-refractivity contribution in [2.75, 3.05) is 6.54 Å². The number of nitrogens with one attached hydrogen (secondary N) is 1. The van der Waals surface area contributed by atoms with Gasteiger partial charge in [0.25, 0.3) is 0 Å². The molecule has 3 atom stereocenters. The summed E-state index contributed by atoms with van der Waals surface area (Å²) in [6.07, 6.45) is 16.4. The van der Waals surface area contributed by atoms with Gasteiger partial charge in [0.2, 0.25) is 0 Å². The maximum absolute atomic E-state index is 3.95. The van der Waals surface area contributed by atoms with Gasteiger partial charge in [-0.1, -0.05) is 39.0 Å². The van der Waals surface area contributed by atoms with E-state index in [4.69, 9.17) is 0 Å². The zero-order valence-corrected chi connectivity index (χ0v) is 12.2. The van der Waals surface area contributed by atoms with Gasteiger partial charge in [0.1, 0.15) is 0 Å². The first kappa shape index (κ1) is 13.0. The highest BCUT2D eigenvalue weighted by atomic mass is 14.9. The van der Waals surface area contributed by atoms with Crippen molar-refractivity contribution < 1.29 is 0 Å². The van der Waals surface area contributed by atoms with Gasteiger partial charge in [-0.3, -0.25) is 0 Å². The minimum absolute atomic E-state index is 0.698. The van der Waals surface area contributed by atoms with Gasteiger partial charge in [-0.05, 0) is 55.8 Å². The van der Waals surface area contributed by atoms with Crippen LogP contribution in [-0.4, -0.2) is 12.6 Å². The van der Waals surface area contributed by atoms with E-state index in [-0.39, 0.29) is 0 Å². The lowest BCUT2D eigenvalue weighted by molar-refractivity contribution is 0.0969. The summed E-state index contributed by atoms with van der Waals surface area (Å²) in [5.74, 6) is 2.17. The average molecular weight is 249 g/mol. The van der Waals surface area contributed by atoms with Crippen LogP contribution in [0.3, 0.4) is 0 Å². The van der Waals surface area contributed by atoms with Crippen molar-refractivity contribution >= 4 is 0 Å². The van der Waals surface area contributed by atoms with Crippen molar-refractivity contribution in [1.82, 2.24) is 5.32 Å². The van der Waals surface area contributed by atoms with Gasteiger partial charge >= 0.3 is 0 Å². The van der Waals surface area contributed by atoms with E-state index in [1.54, 1.807) is 0 Å². The lowest BCUT2D eigenvalue weighted by Crippen LogP contribution is -2.46. The third-order valence-corrected chi connectivity index (χ3v) is 6.47. The van der Waals surface area contributed by atoms with Crippen LogP contribution in [0, 0.1) is 17.3 Å². The lowest BCUT2D eigenvalue weighted by atomic mass is 9.66. The summed E-state index contributed by atoms with van der Waals surface area (Å²) in [7, 11) is 0. The van der Waals surface area contributed by atoms with E-state index in [1.165, 1.54) is 77.2 Å². The quantitative estimate of drug-likeness (QED) is 0.772. The van der Waals surface area contributed by atoms with Crippen LogP contribution in [0.15, 0.2) is 0 Å². The Morgan fingerprint density at radius 3 is 2.39 bits per heavy atom. The summed E-state index contributed by atoms with van der Waals surface area (Å²) in [5, 5.41) is 3.95. The topological polar surface area (TPSA) is 12.0 Å². The zero-order valence-electron chi connectivity index (χ0n) is 12.2. The van der Waals surface area contributed by atoms with Crippen molar-refractivity contribution in [3.05, 3.63) is 0 Å². The fourth-order valence-corrected chi connectivity index (χ4v) is 4.75. The molecule has 3 aliphatic rings. The highest BCUT2D eigenvalue weighted by Gasteiger charge is 2.37. The van der Waals surface area contributed by atoms with E-state index in [0.29, 0.717) is 5.41 Å². The summed E-state index contributed by atoms with van der Waals surface area (Å²) < 4.78 is 0. The molecule has 0 aromatic heterocycles. The number of fused-ring (bicyclic) bond motifs is 1. The standard InChI is InChI=1S/C17H31N/c1-2-17(10-5-11-17)13-18-16-9-8-14-6-3-4-7-15(14)12-16/h14-16,18H,2-13H2,1H3. The van der Waals surface area contributed by atoms with E-state index in [2.05, 4.69) is 12.2 Å². The fraction of sp³-hybridized carbons (Fsp3) is 1.00. The average Bonchev–Trinajstić information content (AvgIpc) is 2.38. The van der Waals surface area contributed by atoms with Crippen LogP contribution in [0.25, 0.3) is 0 Å². The molecule has 0 spiro atoms. The molecule has 18 heavy (non-hydrogen) atoms. The van der Waals surface area contributed by atoms with Crippen LogP contribution in [0.4, 0.5) is 0 Å². The van der Waals surface area contributed by atoms with Crippen molar-refractivity contribution in [3.63, 3.8) is 0 Å². The maximum atomic E-state index is 3.95. The van der Waals surface area contributed by atoms with Crippen molar-refractivity contribution in [2.24, 2.45) is 17.3 Å². The van der Waals surface area contributed by atoms with Crippen molar-refractivity contribution in [3.8, 4) is 0 Å². The molecule has 1 heteroatoms. The Hall–Kier alpha value is -0.0400. The van der Waals surface area contributed by atoms with Crippen molar-refractivity contribution in [2.45, 2.75) is 83.6 Å². The second-order valence-electron chi connectivity index (χ2n) is 7.40. The van der Waals surface area contributed by atoms with E-state index in [0.717, 1.165) is 17.9 Å².